The number of carbonyl (C=O) groups is 2. The summed E-state index contributed by atoms with van der Waals surface area (Å²) in [7, 11) is 0. The molecule has 0 spiro atoms. The molecule has 6 heteroatoms. The Hall–Kier alpha value is -1.14. The van der Waals surface area contributed by atoms with E-state index >= 15 is 0 Å². The molecule has 0 radical (unpaired) electrons. The lowest BCUT2D eigenvalue weighted by atomic mass is 10.0. The summed E-state index contributed by atoms with van der Waals surface area (Å²) >= 11 is 0. The number of carbonyl (C=O) groups excluding carboxylic acids is 2. The Bertz CT molecular complexity index is 389. The average molecular weight is 344 g/mol. The van der Waals surface area contributed by atoms with Crippen LogP contribution >= 0.6 is 0 Å². The van der Waals surface area contributed by atoms with Crippen LogP contribution in [0.4, 0.5) is 0 Å². The molecule has 24 heavy (non-hydrogen) atoms. The Morgan fingerprint density at radius 2 is 1.58 bits per heavy atom. The zero-order chi connectivity index (χ0) is 18.1. The van der Waals surface area contributed by atoms with Gasteiger partial charge in [-0.25, -0.2) is 0 Å². The van der Waals surface area contributed by atoms with Gasteiger partial charge < -0.3 is 19.3 Å². The molecule has 1 saturated heterocycles. The van der Waals surface area contributed by atoms with Gasteiger partial charge in [0, 0.05) is 6.42 Å². The third-order valence-corrected chi connectivity index (χ3v) is 4.79. The summed E-state index contributed by atoms with van der Waals surface area (Å²) in [6.45, 7) is 8.11. The van der Waals surface area contributed by atoms with Crippen molar-refractivity contribution in [2.45, 2.75) is 78.1 Å². The third-order valence-electron chi connectivity index (χ3n) is 4.79. The maximum atomic E-state index is 12.1. The summed E-state index contributed by atoms with van der Waals surface area (Å²) in [6, 6.07) is 0. The van der Waals surface area contributed by atoms with Gasteiger partial charge in [-0.1, -0.05) is 27.7 Å². The molecular weight excluding hydrogens is 312 g/mol. The Morgan fingerprint density at radius 1 is 1.04 bits per heavy atom. The number of aliphatic hydroxyl groups is 1. The van der Waals surface area contributed by atoms with Gasteiger partial charge in [-0.2, -0.15) is 0 Å². The average Bonchev–Trinajstić information content (AvgIpc) is 2.58. The SMILES string of the molecule is CCC(CC)C(=O)OC[C@H]1OCC[C@@H](OC(=O)C(CC)CC)[C@@H]1O. The van der Waals surface area contributed by atoms with Crippen molar-refractivity contribution in [1.29, 1.82) is 0 Å². The number of hydrogen-bond donors (Lipinski definition) is 1. The van der Waals surface area contributed by atoms with Gasteiger partial charge in [0.25, 0.3) is 0 Å². The van der Waals surface area contributed by atoms with Gasteiger partial charge in [0.2, 0.25) is 0 Å². The summed E-state index contributed by atoms with van der Waals surface area (Å²) in [5, 5.41) is 10.4. The van der Waals surface area contributed by atoms with Gasteiger partial charge in [-0.15, -0.1) is 0 Å². The normalized spacial score (nSPS) is 24.2. The van der Waals surface area contributed by atoms with E-state index in [1.54, 1.807) is 0 Å². The second kappa shape index (κ2) is 10.7. The maximum Gasteiger partial charge on any atom is 0.309 e. The van der Waals surface area contributed by atoms with Crippen molar-refractivity contribution in [3.8, 4) is 0 Å². The molecule has 1 fully saturated rings. The van der Waals surface area contributed by atoms with Crippen molar-refractivity contribution >= 4 is 11.9 Å². The molecule has 0 aliphatic carbocycles. The second-order valence-electron chi connectivity index (χ2n) is 6.32. The van der Waals surface area contributed by atoms with Gasteiger partial charge in [0.15, 0.2) is 0 Å². The fourth-order valence-electron chi connectivity index (χ4n) is 2.89. The first-order valence-corrected chi connectivity index (χ1v) is 9.15. The van der Waals surface area contributed by atoms with Gasteiger partial charge >= 0.3 is 11.9 Å². The van der Waals surface area contributed by atoms with Crippen LogP contribution < -0.4 is 0 Å². The number of ether oxygens (including phenoxy) is 3. The highest BCUT2D eigenvalue weighted by Gasteiger charge is 2.37. The van der Waals surface area contributed by atoms with Gasteiger partial charge in [0.05, 0.1) is 18.4 Å². The van der Waals surface area contributed by atoms with Crippen LogP contribution in [0.25, 0.3) is 0 Å². The van der Waals surface area contributed by atoms with E-state index in [-0.39, 0.29) is 30.4 Å². The summed E-state index contributed by atoms with van der Waals surface area (Å²) < 4.78 is 16.2. The Morgan fingerprint density at radius 3 is 2.12 bits per heavy atom. The number of aliphatic hydroxyl groups excluding tert-OH is 1. The highest BCUT2D eigenvalue weighted by Crippen LogP contribution is 2.21. The molecule has 0 unspecified atom stereocenters. The summed E-state index contributed by atoms with van der Waals surface area (Å²) in [5.41, 5.74) is 0. The fraction of sp³-hybridized carbons (Fsp3) is 0.889. The summed E-state index contributed by atoms with van der Waals surface area (Å²) in [4.78, 5) is 24.0. The molecule has 0 amide bonds. The monoisotopic (exact) mass is 344 g/mol. The van der Waals surface area contributed by atoms with Crippen LogP contribution in [0.1, 0.15) is 59.8 Å². The first-order valence-electron chi connectivity index (χ1n) is 9.15. The van der Waals surface area contributed by atoms with Crippen LogP contribution in [0.15, 0.2) is 0 Å². The van der Waals surface area contributed by atoms with Gasteiger partial charge in [-0.3, -0.25) is 9.59 Å². The highest BCUT2D eigenvalue weighted by atomic mass is 16.6. The largest absolute Gasteiger partial charge is 0.463 e. The number of esters is 2. The molecular formula is C18H32O6. The van der Waals surface area contributed by atoms with Gasteiger partial charge in [-0.05, 0) is 25.7 Å². The van der Waals surface area contributed by atoms with E-state index in [2.05, 4.69) is 0 Å². The van der Waals surface area contributed by atoms with Crippen LogP contribution in [0.5, 0.6) is 0 Å². The van der Waals surface area contributed by atoms with Crippen LogP contribution in [0, 0.1) is 11.8 Å². The molecule has 1 aliphatic heterocycles. The Balaban J connectivity index is 2.53. The maximum absolute atomic E-state index is 12.1. The Kier molecular flexibility index (Phi) is 9.29. The minimum absolute atomic E-state index is 0.0183. The molecule has 0 bridgehead atoms. The molecule has 6 nitrogen and oxygen atoms in total. The highest BCUT2D eigenvalue weighted by molar-refractivity contribution is 5.72. The van der Waals surface area contributed by atoms with E-state index < -0.39 is 18.3 Å². The quantitative estimate of drug-likeness (QED) is 0.647. The third kappa shape index (κ3) is 5.74. The zero-order valence-corrected chi connectivity index (χ0v) is 15.3. The van der Waals surface area contributed by atoms with Crippen LogP contribution in [0.2, 0.25) is 0 Å². The lowest BCUT2D eigenvalue weighted by Crippen LogP contribution is -2.49. The van der Waals surface area contributed by atoms with Crippen molar-refractivity contribution < 1.29 is 28.9 Å². The second-order valence-corrected chi connectivity index (χ2v) is 6.32. The van der Waals surface area contributed by atoms with Crippen LogP contribution in [0.3, 0.4) is 0 Å². The smallest absolute Gasteiger partial charge is 0.309 e. The van der Waals surface area contributed by atoms with E-state index in [1.165, 1.54) is 0 Å². The molecule has 3 atom stereocenters. The zero-order valence-electron chi connectivity index (χ0n) is 15.3. The minimum Gasteiger partial charge on any atom is -0.463 e. The molecule has 1 rings (SSSR count). The predicted molar refractivity (Wildman–Crippen MR) is 89.3 cm³/mol. The Labute approximate surface area is 144 Å². The lowest BCUT2D eigenvalue weighted by Gasteiger charge is -2.34. The molecule has 1 N–H and O–H groups in total. The lowest BCUT2D eigenvalue weighted by molar-refractivity contribution is -0.191. The van der Waals surface area contributed by atoms with Crippen molar-refractivity contribution in [2.75, 3.05) is 13.2 Å². The predicted octanol–water partition coefficient (Wildman–Crippen LogP) is 2.46. The molecule has 0 aromatic heterocycles. The molecule has 1 heterocycles. The molecule has 0 saturated carbocycles. The van der Waals surface area contributed by atoms with E-state index in [0.29, 0.717) is 25.9 Å². The van der Waals surface area contributed by atoms with Crippen LogP contribution in [-0.2, 0) is 23.8 Å². The van der Waals surface area contributed by atoms with E-state index in [9.17, 15) is 14.7 Å². The van der Waals surface area contributed by atoms with E-state index in [1.807, 2.05) is 27.7 Å². The number of hydrogen-bond acceptors (Lipinski definition) is 6. The fourth-order valence-corrected chi connectivity index (χ4v) is 2.89. The van der Waals surface area contributed by atoms with E-state index in [0.717, 1.165) is 12.8 Å². The number of rotatable bonds is 9. The van der Waals surface area contributed by atoms with Crippen molar-refractivity contribution in [3.05, 3.63) is 0 Å². The first-order chi connectivity index (χ1) is 11.5. The summed E-state index contributed by atoms with van der Waals surface area (Å²) in [6.07, 6.45) is 1.07. The van der Waals surface area contributed by atoms with Crippen molar-refractivity contribution in [3.63, 3.8) is 0 Å². The molecule has 0 aromatic rings. The van der Waals surface area contributed by atoms with Gasteiger partial charge in [0.1, 0.15) is 24.9 Å². The van der Waals surface area contributed by atoms with Crippen LogP contribution in [-0.4, -0.2) is 48.6 Å². The van der Waals surface area contributed by atoms with E-state index in [4.69, 9.17) is 14.2 Å². The van der Waals surface area contributed by atoms with Crippen molar-refractivity contribution in [2.24, 2.45) is 11.8 Å². The topological polar surface area (TPSA) is 82.1 Å². The first kappa shape index (κ1) is 20.9. The van der Waals surface area contributed by atoms with Crippen molar-refractivity contribution in [1.82, 2.24) is 0 Å². The minimum atomic E-state index is -0.980. The molecule has 0 aromatic carbocycles. The molecule has 140 valence electrons. The molecule has 1 aliphatic rings. The summed E-state index contributed by atoms with van der Waals surface area (Å²) in [5.74, 6) is -0.828. The standard InChI is InChI=1S/C18H32O6/c1-5-12(6-2)17(20)23-11-15-16(19)14(9-10-22-15)24-18(21)13(7-3)8-4/h12-16,19H,5-11H2,1-4H3/t14-,15-,16+/m1/s1.